The number of rotatable bonds is 9. The van der Waals surface area contributed by atoms with Gasteiger partial charge in [-0.2, -0.15) is 0 Å². The predicted molar refractivity (Wildman–Crippen MR) is 120 cm³/mol. The lowest BCUT2D eigenvalue weighted by Crippen LogP contribution is -2.00. The average Bonchev–Trinajstić information content (AvgIpc) is 3.02. The smallest absolute Gasteiger partial charge is 0.138 e. The Labute approximate surface area is 177 Å². The van der Waals surface area contributed by atoms with Gasteiger partial charge in [0, 0.05) is 29.0 Å². The van der Waals surface area contributed by atoms with Crippen molar-refractivity contribution in [3.63, 3.8) is 0 Å². The van der Waals surface area contributed by atoms with Crippen LogP contribution >= 0.6 is 23.5 Å². The van der Waals surface area contributed by atoms with Gasteiger partial charge in [0.15, 0.2) is 0 Å². The van der Waals surface area contributed by atoms with E-state index in [1.807, 2.05) is 24.4 Å². The van der Waals surface area contributed by atoms with Crippen molar-refractivity contribution in [2.75, 3.05) is 17.8 Å². The number of aromatic nitrogens is 2. The molecule has 0 amide bonds. The summed E-state index contributed by atoms with van der Waals surface area (Å²) in [7, 11) is 0. The number of fused-ring (bicyclic) bond motifs is 1. The van der Waals surface area contributed by atoms with E-state index in [0.29, 0.717) is 12.8 Å². The maximum Gasteiger partial charge on any atom is 0.138 e. The summed E-state index contributed by atoms with van der Waals surface area (Å²) in [4.78, 5) is 5.99. The molecule has 0 aliphatic rings. The number of benzene rings is 1. The number of hydrogen-bond acceptors (Lipinski definition) is 5. The van der Waals surface area contributed by atoms with E-state index in [1.165, 1.54) is 16.0 Å². The first-order valence-corrected chi connectivity index (χ1v) is 12.4. The molecule has 1 aromatic carbocycles. The molecule has 28 heavy (non-hydrogen) atoms. The number of aryl methyl sites for hydroxylation is 1. The zero-order chi connectivity index (χ0) is 20.1. The normalized spacial score (nSPS) is 12.4. The average molecular weight is 432 g/mol. The van der Waals surface area contributed by atoms with E-state index in [-0.39, 0.29) is 5.75 Å². The van der Waals surface area contributed by atoms with Crippen molar-refractivity contribution in [2.24, 2.45) is 0 Å². The van der Waals surface area contributed by atoms with Gasteiger partial charge in [0.1, 0.15) is 10.7 Å². The van der Waals surface area contributed by atoms with Gasteiger partial charge >= 0.3 is 0 Å². The molecule has 4 nitrogen and oxygen atoms in total. The van der Waals surface area contributed by atoms with Crippen molar-refractivity contribution < 1.29 is 8.76 Å². The molecule has 0 radical (unpaired) electrons. The summed E-state index contributed by atoms with van der Waals surface area (Å²) < 4.78 is 23.6. The molecule has 0 saturated carbocycles. The van der Waals surface area contributed by atoms with Gasteiger partial charge in [-0.3, -0.25) is 4.21 Å². The molecule has 0 aliphatic carbocycles. The molecule has 0 fully saturated rings. The van der Waals surface area contributed by atoms with Crippen molar-refractivity contribution >= 4 is 45.8 Å². The first-order valence-electron chi connectivity index (χ1n) is 8.97. The van der Waals surface area contributed by atoms with Crippen LogP contribution in [0.1, 0.15) is 23.2 Å². The molecule has 0 bridgehead atoms. The molecule has 0 aliphatic heterocycles. The third kappa shape index (κ3) is 4.89. The van der Waals surface area contributed by atoms with Crippen LogP contribution in [0.4, 0.5) is 0 Å². The molecule has 2 aromatic heterocycles. The van der Waals surface area contributed by atoms with Gasteiger partial charge in [-0.25, -0.2) is 4.98 Å². The largest absolute Gasteiger partial charge is 0.772 e. The van der Waals surface area contributed by atoms with Crippen molar-refractivity contribution in [1.29, 1.82) is 0 Å². The van der Waals surface area contributed by atoms with Gasteiger partial charge in [-0.15, -0.1) is 23.5 Å². The Morgan fingerprint density at radius 2 is 2.11 bits per heavy atom. The van der Waals surface area contributed by atoms with E-state index >= 15 is 0 Å². The standard InChI is InChI=1S/C21H24N2O2S3/c1-15-8-6-9-18(26-3)20(15)16(2)14-17-21(27-12-7-13-28(24)25)22-19-10-4-5-11-23(17)19/h4-6,8-11H,2,7,12-14H2,1,3H3,(H,24,25)/p-1. The lowest BCUT2D eigenvalue weighted by atomic mass is 9.98. The fourth-order valence-electron chi connectivity index (χ4n) is 3.20. The molecule has 1 atom stereocenters. The van der Waals surface area contributed by atoms with Crippen LogP contribution in [0.15, 0.2) is 59.1 Å². The summed E-state index contributed by atoms with van der Waals surface area (Å²) in [5.41, 5.74) is 5.49. The Balaban J connectivity index is 1.90. The van der Waals surface area contributed by atoms with Gasteiger partial charge in [0.25, 0.3) is 0 Å². The number of thioether (sulfide) groups is 2. The summed E-state index contributed by atoms with van der Waals surface area (Å²) in [5.74, 6) is 0.903. The highest BCUT2D eigenvalue weighted by Gasteiger charge is 2.16. The minimum Gasteiger partial charge on any atom is -0.772 e. The third-order valence-electron chi connectivity index (χ3n) is 4.48. The first kappa shape index (κ1) is 21.2. The minimum absolute atomic E-state index is 0.183. The van der Waals surface area contributed by atoms with E-state index < -0.39 is 11.1 Å². The molecule has 7 heteroatoms. The van der Waals surface area contributed by atoms with Crippen LogP contribution in [-0.2, 0) is 17.5 Å². The summed E-state index contributed by atoms with van der Waals surface area (Å²) in [6, 6.07) is 12.3. The predicted octanol–water partition coefficient (Wildman–Crippen LogP) is 4.98. The molecule has 2 heterocycles. The van der Waals surface area contributed by atoms with Gasteiger partial charge in [0.2, 0.25) is 0 Å². The molecule has 0 spiro atoms. The molecule has 1 unspecified atom stereocenters. The van der Waals surface area contributed by atoms with Crippen LogP contribution < -0.4 is 0 Å². The topological polar surface area (TPSA) is 57.4 Å². The van der Waals surface area contributed by atoms with Crippen molar-refractivity contribution in [3.05, 3.63) is 66.0 Å². The fourth-order valence-corrected chi connectivity index (χ4v) is 5.47. The molecule has 148 valence electrons. The van der Waals surface area contributed by atoms with Crippen LogP contribution in [-0.4, -0.2) is 35.9 Å². The van der Waals surface area contributed by atoms with Crippen LogP contribution in [0.25, 0.3) is 11.2 Å². The van der Waals surface area contributed by atoms with E-state index in [4.69, 9.17) is 4.98 Å². The van der Waals surface area contributed by atoms with Crippen molar-refractivity contribution in [3.8, 4) is 0 Å². The Kier molecular flexibility index (Phi) is 7.40. The second-order valence-electron chi connectivity index (χ2n) is 6.43. The van der Waals surface area contributed by atoms with E-state index in [9.17, 15) is 8.76 Å². The van der Waals surface area contributed by atoms with Crippen LogP contribution in [0.5, 0.6) is 0 Å². The summed E-state index contributed by atoms with van der Waals surface area (Å²) >= 11 is 1.36. The summed E-state index contributed by atoms with van der Waals surface area (Å²) in [5, 5.41) is 0.948. The lowest BCUT2D eigenvalue weighted by Gasteiger charge is -2.14. The number of allylic oxidation sites excluding steroid dienone is 1. The third-order valence-corrected chi connectivity index (χ3v) is 6.97. The second-order valence-corrected chi connectivity index (χ2v) is 9.38. The molecule has 0 N–H and O–H groups in total. The highest BCUT2D eigenvalue weighted by atomic mass is 32.2. The Hall–Kier alpha value is -1.54. The van der Waals surface area contributed by atoms with E-state index in [2.05, 4.69) is 42.4 Å². The maximum atomic E-state index is 10.8. The van der Waals surface area contributed by atoms with Gasteiger partial charge in [-0.1, -0.05) is 35.9 Å². The Morgan fingerprint density at radius 1 is 1.29 bits per heavy atom. The SMILES string of the molecule is C=C(Cc1c(SCCCS(=O)[O-])nc2ccccn12)c1c(C)cccc1SC. The molecule has 3 rings (SSSR count). The van der Waals surface area contributed by atoms with Gasteiger partial charge in [0.05, 0.1) is 5.69 Å². The number of nitrogens with zero attached hydrogens (tertiary/aromatic N) is 2. The van der Waals surface area contributed by atoms with Crippen molar-refractivity contribution in [2.45, 2.75) is 29.7 Å². The fraction of sp³-hybridized carbons (Fsp3) is 0.286. The number of hydrogen-bond donors (Lipinski definition) is 0. The Bertz CT molecular complexity index is 1010. The first-order chi connectivity index (χ1) is 13.5. The van der Waals surface area contributed by atoms with Crippen LogP contribution in [0.2, 0.25) is 0 Å². The zero-order valence-corrected chi connectivity index (χ0v) is 18.5. The maximum absolute atomic E-state index is 10.8. The molecular weight excluding hydrogens is 408 g/mol. The quantitative estimate of drug-likeness (QED) is 0.272. The van der Waals surface area contributed by atoms with Gasteiger partial charge < -0.3 is 8.95 Å². The van der Waals surface area contributed by atoms with Gasteiger partial charge in [-0.05, 0) is 54.5 Å². The monoisotopic (exact) mass is 431 g/mol. The van der Waals surface area contributed by atoms with E-state index in [0.717, 1.165) is 27.7 Å². The highest BCUT2D eigenvalue weighted by Crippen LogP contribution is 2.33. The summed E-state index contributed by atoms with van der Waals surface area (Å²) in [6.45, 7) is 6.51. The van der Waals surface area contributed by atoms with Crippen LogP contribution in [0.3, 0.4) is 0 Å². The zero-order valence-electron chi connectivity index (χ0n) is 16.0. The highest BCUT2D eigenvalue weighted by molar-refractivity contribution is 7.99. The Morgan fingerprint density at radius 3 is 2.86 bits per heavy atom. The molecule has 0 saturated heterocycles. The minimum atomic E-state index is -1.99. The molecular formula is C21H23N2O2S3-. The van der Waals surface area contributed by atoms with Crippen molar-refractivity contribution in [1.82, 2.24) is 9.38 Å². The van der Waals surface area contributed by atoms with E-state index in [1.54, 1.807) is 23.5 Å². The van der Waals surface area contributed by atoms with Crippen LogP contribution in [0, 0.1) is 6.92 Å². The summed E-state index contributed by atoms with van der Waals surface area (Å²) in [6.07, 6.45) is 5.42. The second kappa shape index (κ2) is 9.78. The number of pyridine rings is 1. The number of imidazole rings is 1. The lowest BCUT2D eigenvalue weighted by molar-refractivity contribution is 0.536. The molecule has 3 aromatic rings.